The number of halogens is 1. The molecule has 0 bridgehead atoms. The molecule has 0 spiro atoms. The lowest BCUT2D eigenvalue weighted by Gasteiger charge is -2.25. The molecular weight excluding hydrogens is 229 g/mol. The molecule has 0 atom stereocenters. The van der Waals surface area contributed by atoms with E-state index in [0.29, 0.717) is 12.5 Å². The second-order valence-electron chi connectivity index (χ2n) is 5.04. The highest BCUT2D eigenvalue weighted by atomic mass is 19.1. The highest BCUT2D eigenvalue weighted by molar-refractivity contribution is 5.34. The van der Waals surface area contributed by atoms with E-state index in [1.54, 1.807) is 12.1 Å². The number of hydrogen-bond donors (Lipinski definition) is 1. The summed E-state index contributed by atoms with van der Waals surface area (Å²) < 4.78 is 19.1. The molecule has 2 nitrogen and oxygen atoms in total. The van der Waals surface area contributed by atoms with Crippen LogP contribution in [0.3, 0.4) is 0 Å². The monoisotopic (exact) mass is 251 g/mol. The largest absolute Gasteiger partial charge is 0.493 e. The van der Waals surface area contributed by atoms with E-state index in [4.69, 9.17) is 4.74 Å². The Bertz CT molecular complexity index is 377. The summed E-state index contributed by atoms with van der Waals surface area (Å²) in [5.41, 5.74) is 0.919. The zero-order chi connectivity index (χ0) is 12.8. The molecule has 1 aliphatic carbocycles. The normalized spacial score (nSPS) is 15.4. The fraction of sp³-hybridized carbons (Fsp3) is 0.600. The molecule has 0 aromatic heterocycles. The molecule has 0 radical (unpaired) electrons. The molecule has 0 heterocycles. The van der Waals surface area contributed by atoms with Crippen molar-refractivity contribution in [2.75, 3.05) is 13.2 Å². The predicted octanol–water partition coefficient (Wildman–Crippen LogP) is 3.50. The summed E-state index contributed by atoms with van der Waals surface area (Å²) in [5, 5.41) is 3.29. The first-order valence-corrected chi connectivity index (χ1v) is 6.91. The van der Waals surface area contributed by atoms with Crippen LogP contribution < -0.4 is 10.1 Å². The van der Waals surface area contributed by atoms with Gasteiger partial charge in [0.05, 0.1) is 6.61 Å². The molecule has 0 aliphatic heterocycles. The lowest BCUT2D eigenvalue weighted by Crippen LogP contribution is -2.20. The Balaban J connectivity index is 1.92. The molecule has 100 valence electrons. The maximum absolute atomic E-state index is 13.2. The SMILES string of the molecule is CCCNCc1cc(F)ccc1OCC1CCC1. The molecule has 1 N–H and O–H groups in total. The van der Waals surface area contributed by atoms with Gasteiger partial charge in [0, 0.05) is 12.1 Å². The number of rotatable bonds is 7. The molecule has 0 unspecified atom stereocenters. The van der Waals surface area contributed by atoms with Crippen LogP contribution in [0.4, 0.5) is 4.39 Å². The van der Waals surface area contributed by atoms with Crippen LogP contribution in [0.5, 0.6) is 5.75 Å². The van der Waals surface area contributed by atoms with E-state index in [1.807, 2.05) is 0 Å². The van der Waals surface area contributed by atoms with Gasteiger partial charge in [0.25, 0.3) is 0 Å². The van der Waals surface area contributed by atoms with Crippen molar-refractivity contribution in [2.45, 2.75) is 39.2 Å². The van der Waals surface area contributed by atoms with Gasteiger partial charge in [-0.2, -0.15) is 0 Å². The van der Waals surface area contributed by atoms with Crippen LogP contribution in [0, 0.1) is 11.7 Å². The predicted molar refractivity (Wildman–Crippen MR) is 71.2 cm³/mol. The zero-order valence-corrected chi connectivity index (χ0v) is 11.0. The van der Waals surface area contributed by atoms with E-state index in [2.05, 4.69) is 12.2 Å². The number of benzene rings is 1. The van der Waals surface area contributed by atoms with Crippen molar-refractivity contribution in [3.05, 3.63) is 29.6 Å². The highest BCUT2D eigenvalue weighted by Crippen LogP contribution is 2.28. The Kier molecular flexibility index (Phi) is 5.00. The number of nitrogens with one attached hydrogen (secondary N) is 1. The molecule has 1 saturated carbocycles. The first kappa shape index (κ1) is 13.3. The van der Waals surface area contributed by atoms with Crippen molar-refractivity contribution in [1.82, 2.24) is 5.32 Å². The molecule has 1 aliphatic rings. The second-order valence-corrected chi connectivity index (χ2v) is 5.04. The zero-order valence-electron chi connectivity index (χ0n) is 11.0. The van der Waals surface area contributed by atoms with E-state index >= 15 is 0 Å². The van der Waals surface area contributed by atoms with Gasteiger partial charge in [0.1, 0.15) is 11.6 Å². The van der Waals surface area contributed by atoms with Gasteiger partial charge in [-0.05, 0) is 49.9 Å². The topological polar surface area (TPSA) is 21.3 Å². The van der Waals surface area contributed by atoms with Gasteiger partial charge in [-0.15, -0.1) is 0 Å². The molecule has 2 rings (SSSR count). The van der Waals surface area contributed by atoms with Crippen molar-refractivity contribution in [3.8, 4) is 5.75 Å². The van der Waals surface area contributed by atoms with E-state index in [9.17, 15) is 4.39 Å². The fourth-order valence-electron chi connectivity index (χ4n) is 2.09. The number of hydrogen-bond acceptors (Lipinski definition) is 2. The van der Waals surface area contributed by atoms with E-state index in [1.165, 1.54) is 25.3 Å². The van der Waals surface area contributed by atoms with E-state index in [-0.39, 0.29) is 5.82 Å². The summed E-state index contributed by atoms with van der Waals surface area (Å²) in [5.74, 6) is 1.33. The van der Waals surface area contributed by atoms with Crippen LogP contribution in [-0.2, 0) is 6.54 Å². The average molecular weight is 251 g/mol. The minimum atomic E-state index is -0.195. The van der Waals surface area contributed by atoms with Gasteiger partial charge in [-0.25, -0.2) is 4.39 Å². The van der Waals surface area contributed by atoms with Gasteiger partial charge < -0.3 is 10.1 Å². The highest BCUT2D eigenvalue weighted by Gasteiger charge is 2.18. The number of ether oxygens (including phenoxy) is 1. The third-order valence-electron chi connectivity index (χ3n) is 3.46. The van der Waals surface area contributed by atoms with Gasteiger partial charge in [-0.3, -0.25) is 0 Å². The standard InChI is InChI=1S/C15H22FNO/c1-2-8-17-10-13-9-14(16)6-7-15(13)18-11-12-4-3-5-12/h6-7,9,12,17H,2-5,8,10-11H2,1H3. The fourth-order valence-corrected chi connectivity index (χ4v) is 2.09. The van der Waals surface area contributed by atoms with Crippen LogP contribution in [0.2, 0.25) is 0 Å². The smallest absolute Gasteiger partial charge is 0.123 e. The van der Waals surface area contributed by atoms with E-state index < -0.39 is 0 Å². The molecule has 1 aromatic carbocycles. The van der Waals surface area contributed by atoms with Crippen LogP contribution in [0.25, 0.3) is 0 Å². The molecule has 3 heteroatoms. The molecule has 1 fully saturated rings. The Morgan fingerprint density at radius 2 is 2.22 bits per heavy atom. The molecular formula is C15H22FNO. The molecule has 1 aromatic rings. The quantitative estimate of drug-likeness (QED) is 0.749. The summed E-state index contributed by atoms with van der Waals surface area (Å²) in [6, 6.07) is 4.79. The van der Waals surface area contributed by atoms with Crippen molar-refractivity contribution in [2.24, 2.45) is 5.92 Å². The Hall–Kier alpha value is -1.09. The van der Waals surface area contributed by atoms with Crippen molar-refractivity contribution in [1.29, 1.82) is 0 Å². The summed E-state index contributed by atoms with van der Waals surface area (Å²) >= 11 is 0. The Morgan fingerprint density at radius 1 is 1.39 bits per heavy atom. The minimum absolute atomic E-state index is 0.195. The third-order valence-corrected chi connectivity index (χ3v) is 3.46. The van der Waals surface area contributed by atoms with Crippen LogP contribution >= 0.6 is 0 Å². The summed E-state index contributed by atoms with van der Waals surface area (Å²) in [7, 11) is 0. The van der Waals surface area contributed by atoms with Gasteiger partial charge in [0.15, 0.2) is 0 Å². The van der Waals surface area contributed by atoms with Crippen molar-refractivity contribution < 1.29 is 9.13 Å². The maximum atomic E-state index is 13.2. The maximum Gasteiger partial charge on any atom is 0.123 e. The van der Waals surface area contributed by atoms with Crippen molar-refractivity contribution in [3.63, 3.8) is 0 Å². The van der Waals surface area contributed by atoms with Crippen LogP contribution in [-0.4, -0.2) is 13.2 Å². The van der Waals surface area contributed by atoms with Crippen LogP contribution in [0.1, 0.15) is 38.2 Å². The third kappa shape index (κ3) is 3.70. The van der Waals surface area contributed by atoms with Gasteiger partial charge >= 0.3 is 0 Å². The average Bonchev–Trinajstić information content (AvgIpc) is 2.30. The first-order valence-electron chi connectivity index (χ1n) is 6.91. The lowest BCUT2D eigenvalue weighted by atomic mass is 9.86. The minimum Gasteiger partial charge on any atom is -0.493 e. The Morgan fingerprint density at radius 3 is 2.89 bits per heavy atom. The van der Waals surface area contributed by atoms with Crippen molar-refractivity contribution >= 4 is 0 Å². The second kappa shape index (κ2) is 6.74. The van der Waals surface area contributed by atoms with Crippen LogP contribution in [0.15, 0.2) is 18.2 Å². The lowest BCUT2D eigenvalue weighted by molar-refractivity contribution is 0.179. The summed E-state index contributed by atoms with van der Waals surface area (Å²) in [6.07, 6.45) is 4.94. The van der Waals surface area contributed by atoms with E-state index in [0.717, 1.165) is 30.9 Å². The summed E-state index contributed by atoms with van der Waals surface area (Å²) in [4.78, 5) is 0. The van der Waals surface area contributed by atoms with Gasteiger partial charge in [0.2, 0.25) is 0 Å². The first-order chi connectivity index (χ1) is 8.79. The summed E-state index contributed by atoms with van der Waals surface area (Å²) in [6.45, 7) is 4.50. The van der Waals surface area contributed by atoms with Gasteiger partial charge in [-0.1, -0.05) is 13.3 Å². The molecule has 0 saturated heterocycles. The Labute approximate surface area is 109 Å². The molecule has 0 amide bonds. The molecule has 18 heavy (non-hydrogen) atoms.